The van der Waals surface area contributed by atoms with Crippen molar-refractivity contribution in [1.82, 2.24) is 9.55 Å². The van der Waals surface area contributed by atoms with Gasteiger partial charge in [-0.1, -0.05) is 42.5 Å². The number of carbonyl (C=O) groups is 1. The summed E-state index contributed by atoms with van der Waals surface area (Å²) in [6.45, 7) is 7.70. The number of pyridine rings is 1. The standard InChI is InChI=1S/C21H20ClN3O/c1-4-20(26)24-18-11-19-16(8-5-15-6-9-17(22)10-7-15)13-25(14(2)3)21(19)23-12-18/h4-14H,1H2,2-3H3,(H,24,26)/b8-5+. The third kappa shape index (κ3) is 3.86. The molecule has 132 valence electrons. The minimum atomic E-state index is -0.257. The van der Waals surface area contributed by atoms with Gasteiger partial charge in [0, 0.05) is 28.2 Å². The van der Waals surface area contributed by atoms with Crippen molar-refractivity contribution < 1.29 is 4.79 Å². The van der Waals surface area contributed by atoms with E-state index in [1.807, 2.05) is 42.5 Å². The third-order valence-electron chi connectivity index (χ3n) is 4.04. The second kappa shape index (κ2) is 7.58. The van der Waals surface area contributed by atoms with E-state index >= 15 is 0 Å². The van der Waals surface area contributed by atoms with Gasteiger partial charge in [-0.2, -0.15) is 0 Å². The monoisotopic (exact) mass is 365 g/mol. The second-order valence-electron chi connectivity index (χ2n) is 6.26. The summed E-state index contributed by atoms with van der Waals surface area (Å²) in [6, 6.07) is 9.87. The predicted octanol–water partition coefficient (Wildman–Crippen LogP) is 5.57. The van der Waals surface area contributed by atoms with Gasteiger partial charge in [0.2, 0.25) is 5.91 Å². The molecule has 0 aliphatic carbocycles. The number of fused-ring (bicyclic) bond motifs is 1. The number of benzene rings is 1. The van der Waals surface area contributed by atoms with Crippen LogP contribution in [-0.4, -0.2) is 15.5 Å². The minimum absolute atomic E-state index is 0.257. The third-order valence-corrected chi connectivity index (χ3v) is 4.29. The highest BCUT2D eigenvalue weighted by Gasteiger charge is 2.11. The smallest absolute Gasteiger partial charge is 0.247 e. The molecule has 2 heterocycles. The van der Waals surface area contributed by atoms with Crippen molar-refractivity contribution in [2.24, 2.45) is 0 Å². The topological polar surface area (TPSA) is 46.9 Å². The number of amides is 1. The number of carbonyl (C=O) groups excluding carboxylic acids is 1. The zero-order valence-electron chi connectivity index (χ0n) is 14.7. The van der Waals surface area contributed by atoms with Gasteiger partial charge in [-0.15, -0.1) is 0 Å². The van der Waals surface area contributed by atoms with Gasteiger partial charge in [-0.25, -0.2) is 4.98 Å². The first-order valence-electron chi connectivity index (χ1n) is 8.35. The van der Waals surface area contributed by atoms with Gasteiger partial charge >= 0.3 is 0 Å². The molecule has 0 fully saturated rings. The van der Waals surface area contributed by atoms with Crippen LogP contribution in [0.2, 0.25) is 5.02 Å². The summed E-state index contributed by atoms with van der Waals surface area (Å²) in [7, 11) is 0. The van der Waals surface area contributed by atoms with E-state index in [0.717, 1.165) is 22.2 Å². The molecule has 4 nitrogen and oxygen atoms in total. The molecule has 0 aliphatic rings. The summed E-state index contributed by atoms with van der Waals surface area (Å²) >= 11 is 5.94. The van der Waals surface area contributed by atoms with Gasteiger partial charge in [-0.3, -0.25) is 4.79 Å². The maximum absolute atomic E-state index is 11.6. The molecule has 0 saturated heterocycles. The van der Waals surface area contributed by atoms with E-state index in [4.69, 9.17) is 11.6 Å². The van der Waals surface area contributed by atoms with E-state index in [1.54, 1.807) is 6.20 Å². The SMILES string of the molecule is C=CC(=O)Nc1cnc2c(c1)c(/C=C/c1ccc(Cl)cc1)cn2C(C)C. The number of halogens is 1. The van der Waals surface area contributed by atoms with Crippen molar-refractivity contribution >= 4 is 46.4 Å². The van der Waals surface area contributed by atoms with E-state index in [0.29, 0.717) is 10.7 Å². The molecule has 3 aromatic rings. The largest absolute Gasteiger partial charge is 0.329 e. The fraction of sp³-hybridized carbons (Fsp3) is 0.143. The molecule has 1 N–H and O–H groups in total. The maximum Gasteiger partial charge on any atom is 0.247 e. The van der Waals surface area contributed by atoms with Gasteiger partial charge in [-0.05, 0) is 43.7 Å². The number of aromatic nitrogens is 2. The molecule has 5 heteroatoms. The quantitative estimate of drug-likeness (QED) is 0.601. The van der Waals surface area contributed by atoms with E-state index < -0.39 is 0 Å². The lowest BCUT2D eigenvalue weighted by Gasteiger charge is -2.08. The van der Waals surface area contributed by atoms with Crippen LogP contribution in [-0.2, 0) is 4.79 Å². The molecule has 0 atom stereocenters. The highest BCUT2D eigenvalue weighted by atomic mass is 35.5. The Balaban J connectivity index is 2.04. The Hall–Kier alpha value is -2.85. The molecule has 3 rings (SSSR count). The zero-order chi connectivity index (χ0) is 18.7. The Bertz CT molecular complexity index is 984. The molecule has 26 heavy (non-hydrogen) atoms. The average Bonchev–Trinajstić information content (AvgIpc) is 2.99. The first-order chi connectivity index (χ1) is 12.5. The number of anilines is 1. The number of hydrogen-bond donors (Lipinski definition) is 1. The Morgan fingerprint density at radius 2 is 2.00 bits per heavy atom. The van der Waals surface area contributed by atoms with Gasteiger partial charge < -0.3 is 9.88 Å². The van der Waals surface area contributed by atoms with E-state index in [9.17, 15) is 4.79 Å². The summed E-state index contributed by atoms with van der Waals surface area (Å²) < 4.78 is 2.12. The lowest BCUT2D eigenvalue weighted by atomic mass is 10.1. The Kier molecular flexibility index (Phi) is 5.24. The summed E-state index contributed by atoms with van der Waals surface area (Å²) in [5, 5.41) is 4.45. The summed E-state index contributed by atoms with van der Waals surface area (Å²) in [5.74, 6) is -0.257. The fourth-order valence-corrected chi connectivity index (χ4v) is 2.83. The molecule has 0 saturated carbocycles. The van der Waals surface area contributed by atoms with Crippen LogP contribution < -0.4 is 5.32 Å². The van der Waals surface area contributed by atoms with Gasteiger partial charge in [0.1, 0.15) is 5.65 Å². The van der Waals surface area contributed by atoms with E-state index in [2.05, 4.69) is 41.5 Å². The van der Waals surface area contributed by atoms with Crippen LogP contribution in [0.5, 0.6) is 0 Å². The van der Waals surface area contributed by atoms with Crippen LogP contribution in [0, 0.1) is 0 Å². The van der Waals surface area contributed by atoms with Crippen molar-refractivity contribution in [3.8, 4) is 0 Å². The van der Waals surface area contributed by atoms with Gasteiger partial charge in [0.15, 0.2) is 0 Å². The maximum atomic E-state index is 11.6. The van der Waals surface area contributed by atoms with E-state index in [1.165, 1.54) is 6.08 Å². The molecule has 0 unspecified atom stereocenters. The normalized spacial score (nSPS) is 11.4. The van der Waals surface area contributed by atoms with Crippen molar-refractivity contribution in [3.05, 3.63) is 71.5 Å². The Morgan fingerprint density at radius 1 is 1.27 bits per heavy atom. The number of nitrogens with one attached hydrogen (secondary N) is 1. The van der Waals surface area contributed by atoms with Crippen LogP contribution in [0.25, 0.3) is 23.2 Å². The number of rotatable bonds is 5. The van der Waals surface area contributed by atoms with Gasteiger partial charge in [0.05, 0.1) is 11.9 Å². The molecule has 2 aromatic heterocycles. The molecular weight excluding hydrogens is 346 g/mol. The molecule has 0 aliphatic heterocycles. The summed E-state index contributed by atoms with van der Waals surface area (Å²) in [6.07, 6.45) is 9.06. The molecule has 1 aromatic carbocycles. The molecule has 0 radical (unpaired) electrons. The highest BCUT2D eigenvalue weighted by molar-refractivity contribution is 6.30. The lowest BCUT2D eigenvalue weighted by molar-refractivity contribution is -0.111. The van der Waals surface area contributed by atoms with Crippen LogP contribution >= 0.6 is 11.6 Å². The predicted molar refractivity (Wildman–Crippen MR) is 109 cm³/mol. The second-order valence-corrected chi connectivity index (χ2v) is 6.70. The van der Waals surface area contributed by atoms with Crippen molar-refractivity contribution in [2.45, 2.75) is 19.9 Å². The fourth-order valence-electron chi connectivity index (χ4n) is 2.70. The first kappa shape index (κ1) is 18.0. The van der Waals surface area contributed by atoms with Crippen molar-refractivity contribution in [2.75, 3.05) is 5.32 Å². The van der Waals surface area contributed by atoms with Crippen molar-refractivity contribution in [1.29, 1.82) is 0 Å². The summed E-state index contributed by atoms with van der Waals surface area (Å²) in [4.78, 5) is 16.1. The van der Waals surface area contributed by atoms with E-state index in [-0.39, 0.29) is 11.9 Å². The highest BCUT2D eigenvalue weighted by Crippen LogP contribution is 2.27. The van der Waals surface area contributed by atoms with Crippen LogP contribution in [0.1, 0.15) is 31.0 Å². The number of hydrogen-bond acceptors (Lipinski definition) is 2. The molecule has 0 spiro atoms. The molecular formula is C21H20ClN3O. The lowest BCUT2D eigenvalue weighted by Crippen LogP contribution is -2.07. The van der Waals surface area contributed by atoms with Crippen molar-refractivity contribution in [3.63, 3.8) is 0 Å². The van der Waals surface area contributed by atoms with Gasteiger partial charge in [0.25, 0.3) is 0 Å². The van der Waals surface area contributed by atoms with Crippen LogP contribution in [0.3, 0.4) is 0 Å². The Morgan fingerprint density at radius 3 is 2.65 bits per heavy atom. The average molecular weight is 366 g/mol. The zero-order valence-corrected chi connectivity index (χ0v) is 15.5. The minimum Gasteiger partial charge on any atom is -0.329 e. The number of nitrogens with zero attached hydrogens (tertiary/aromatic N) is 2. The van der Waals surface area contributed by atoms with Crippen LogP contribution in [0.4, 0.5) is 5.69 Å². The summed E-state index contributed by atoms with van der Waals surface area (Å²) in [5.41, 5.74) is 3.62. The molecule has 1 amide bonds. The Labute approximate surface area is 157 Å². The molecule has 0 bridgehead atoms. The van der Waals surface area contributed by atoms with Crippen LogP contribution in [0.15, 0.2) is 55.4 Å². The first-order valence-corrected chi connectivity index (χ1v) is 8.73.